The van der Waals surface area contributed by atoms with Gasteiger partial charge in [-0.05, 0) is 60.2 Å². The van der Waals surface area contributed by atoms with E-state index in [1.165, 1.54) is 24.3 Å². The Morgan fingerprint density at radius 1 is 0.688 bits per heavy atom. The van der Waals surface area contributed by atoms with Crippen molar-refractivity contribution in [2.24, 2.45) is 0 Å². The molecule has 0 amide bonds. The van der Waals surface area contributed by atoms with E-state index in [4.69, 9.17) is 0 Å². The zero-order chi connectivity index (χ0) is 23.4. The van der Waals surface area contributed by atoms with Crippen LogP contribution in [0, 0.1) is 29.1 Å². The van der Waals surface area contributed by atoms with Crippen molar-refractivity contribution in [2.75, 3.05) is 0 Å². The van der Waals surface area contributed by atoms with E-state index in [1.807, 2.05) is 0 Å². The molecule has 0 nitrogen and oxygen atoms in total. The van der Waals surface area contributed by atoms with Crippen molar-refractivity contribution in [3.8, 4) is 11.1 Å². The molecule has 7 heteroatoms. The van der Waals surface area contributed by atoms with Crippen molar-refractivity contribution in [3.63, 3.8) is 0 Å². The molecule has 0 unspecified atom stereocenters. The minimum atomic E-state index is -1.61. The molecule has 0 aliphatic carbocycles. The largest absolute Gasteiger partial charge is 0.209 e. The molecule has 0 aromatic heterocycles. The van der Waals surface area contributed by atoms with Crippen LogP contribution in [-0.2, 0) is 12.8 Å². The predicted octanol–water partition coefficient (Wildman–Crippen LogP) is 8.24. The molecule has 0 spiro atoms. The van der Waals surface area contributed by atoms with Crippen molar-refractivity contribution in [2.45, 2.75) is 32.6 Å². The third-order valence-electron chi connectivity index (χ3n) is 5.03. The third-order valence-corrected chi connectivity index (χ3v) is 5.03. The standard InChI is InChI=1S/C25H19F7/c1-2-3-19(26)24(31)16-7-5-15(6-8-16)17-12-20(27)18(21(28)13-17)9-4-14-10-22(29)25(32)23(30)11-14/h5-8,10-13H,2-4,9H2,1H3/b24-19+. The SMILES string of the molecule is CCC/C(F)=C(\F)c1ccc(-c2cc(F)c(CCc3cc(F)c(F)c(F)c3)c(F)c2)cc1. The lowest BCUT2D eigenvalue weighted by Crippen LogP contribution is -2.02. The molecule has 3 aromatic carbocycles. The minimum absolute atomic E-state index is 0.0241. The zero-order valence-corrected chi connectivity index (χ0v) is 17.1. The number of halogens is 7. The summed E-state index contributed by atoms with van der Waals surface area (Å²) in [6.45, 7) is 1.72. The molecular weight excluding hydrogens is 433 g/mol. The van der Waals surface area contributed by atoms with Crippen molar-refractivity contribution < 1.29 is 30.7 Å². The number of hydrogen-bond acceptors (Lipinski definition) is 0. The van der Waals surface area contributed by atoms with Crippen molar-refractivity contribution in [1.82, 2.24) is 0 Å². The summed E-state index contributed by atoms with van der Waals surface area (Å²) >= 11 is 0. The fourth-order valence-electron chi connectivity index (χ4n) is 3.33. The quantitative estimate of drug-likeness (QED) is 0.250. The second-order valence-electron chi connectivity index (χ2n) is 7.34. The fourth-order valence-corrected chi connectivity index (χ4v) is 3.33. The van der Waals surface area contributed by atoms with Crippen molar-refractivity contribution in [1.29, 1.82) is 0 Å². The highest BCUT2D eigenvalue weighted by molar-refractivity contribution is 5.68. The Kier molecular flexibility index (Phi) is 7.38. The Hall–Kier alpha value is -3.09. The molecule has 0 bridgehead atoms. The van der Waals surface area contributed by atoms with E-state index in [0.717, 1.165) is 24.3 Å². The second-order valence-corrected chi connectivity index (χ2v) is 7.34. The van der Waals surface area contributed by atoms with Gasteiger partial charge in [0.05, 0.1) is 0 Å². The molecule has 3 aromatic rings. The summed E-state index contributed by atoms with van der Waals surface area (Å²) in [5, 5.41) is 0. The number of hydrogen-bond donors (Lipinski definition) is 0. The average molecular weight is 452 g/mol. The molecule has 0 atom stereocenters. The molecule has 168 valence electrons. The van der Waals surface area contributed by atoms with Crippen LogP contribution in [-0.4, -0.2) is 0 Å². The average Bonchev–Trinajstić information content (AvgIpc) is 2.76. The van der Waals surface area contributed by atoms with Crippen LogP contribution < -0.4 is 0 Å². The van der Waals surface area contributed by atoms with Gasteiger partial charge in [-0.1, -0.05) is 31.2 Å². The molecule has 0 saturated carbocycles. The second kappa shape index (κ2) is 10.0. The number of rotatable bonds is 7. The highest BCUT2D eigenvalue weighted by atomic mass is 19.2. The Morgan fingerprint density at radius 3 is 1.78 bits per heavy atom. The summed E-state index contributed by atoms with van der Waals surface area (Å²) in [6, 6.07) is 9.22. The van der Waals surface area contributed by atoms with Gasteiger partial charge in [-0.25, -0.2) is 30.7 Å². The Labute approximate surface area is 181 Å². The van der Waals surface area contributed by atoms with Gasteiger partial charge in [0.15, 0.2) is 23.3 Å². The summed E-state index contributed by atoms with van der Waals surface area (Å²) in [5.41, 5.74) is 0.379. The Balaban J connectivity index is 1.81. The lowest BCUT2D eigenvalue weighted by atomic mass is 9.98. The maximum atomic E-state index is 14.6. The van der Waals surface area contributed by atoms with Crippen LogP contribution in [0.25, 0.3) is 17.0 Å². The minimum Gasteiger partial charge on any atom is -0.209 e. The van der Waals surface area contributed by atoms with Gasteiger partial charge in [-0.3, -0.25) is 0 Å². The first kappa shape index (κ1) is 23.6. The first-order chi connectivity index (χ1) is 15.2. The van der Waals surface area contributed by atoms with Crippen LogP contribution in [0.15, 0.2) is 54.4 Å². The number of benzene rings is 3. The fraction of sp³-hybridized carbons (Fsp3) is 0.200. The molecule has 0 heterocycles. The summed E-state index contributed by atoms with van der Waals surface area (Å²) in [6.07, 6.45) is 0.120. The third kappa shape index (κ3) is 5.21. The van der Waals surface area contributed by atoms with Crippen LogP contribution in [0.1, 0.15) is 36.5 Å². The predicted molar refractivity (Wildman–Crippen MR) is 110 cm³/mol. The highest BCUT2D eigenvalue weighted by Gasteiger charge is 2.15. The van der Waals surface area contributed by atoms with Gasteiger partial charge in [-0.15, -0.1) is 0 Å². The molecule has 3 rings (SSSR count). The van der Waals surface area contributed by atoms with Gasteiger partial charge < -0.3 is 0 Å². The Bertz CT molecular complexity index is 1100. The molecule has 0 N–H and O–H groups in total. The van der Waals surface area contributed by atoms with Crippen molar-refractivity contribution in [3.05, 3.63) is 100 Å². The van der Waals surface area contributed by atoms with E-state index in [-0.39, 0.29) is 41.5 Å². The van der Waals surface area contributed by atoms with Crippen LogP contribution in [0.4, 0.5) is 30.7 Å². The molecule has 0 saturated heterocycles. The van der Waals surface area contributed by atoms with E-state index < -0.39 is 40.7 Å². The normalized spacial score (nSPS) is 12.1. The van der Waals surface area contributed by atoms with Crippen LogP contribution >= 0.6 is 0 Å². The number of allylic oxidation sites excluding steroid dienone is 1. The lowest BCUT2D eigenvalue weighted by Gasteiger charge is -2.10. The maximum Gasteiger partial charge on any atom is 0.194 e. The van der Waals surface area contributed by atoms with Gasteiger partial charge in [-0.2, -0.15) is 0 Å². The monoisotopic (exact) mass is 452 g/mol. The van der Waals surface area contributed by atoms with E-state index in [0.29, 0.717) is 12.0 Å². The molecular formula is C25H19F7. The van der Waals surface area contributed by atoms with Crippen molar-refractivity contribution >= 4 is 5.83 Å². The van der Waals surface area contributed by atoms with Crippen LogP contribution in [0.2, 0.25) is 0 Å². The Morgan fingerprint density at radius 2 is 1.25 bits per heavy atom. The molecule has 32 heavy (non-hydrogen) atoms. The topological polar surface area (TPSA) is 0 Å². The van der Waals surface area contributed by atoms with E-state index in [9.17, 15) is 30.7 Å². The molecule has 0 aliphatic heterocycles. The summed E-state index contributed by atoms with van der Waals surface area (Å²) in [4.78, 5) is 0. The van der Waals surface area contributed by atoms with E-state index in [2.05, 4.69) is 0 Å². The maximum absolute atomic E-state index is 14.6. The summed E-state index contributed by atoms with van der Waals surface area (Å²) < 4.78 is 96.5. The first-order valence-electron chi connectivity index (χ1n) is 9.97. The smallest absolute Gasteiger partial charge is 0.194 e. The lowest BCUT2D eigenvalue weighted by molar-refractivity contribution is 0.445. The van der Waals surface area contributed by atoms with Gasteiger partial charge >= 0.3 is 0 Å². The molecule has 0 aliphatic rings. The van der Waals surface area contributed by atoms with Gasteiger partial charge in [0.2, 0.25) is 0 Å². The zero-order valence-electron chi connectivity index (χ0n) is 17.1. The highest BCUT2D eigenvalue weighted by Crippen LogP contribution is 2.29. The van der Waals surface area contributed by atoms with E-state index >= 15 is 0 Å². The van der Waals surface area contributed by atoms with Crippen LogP contribution in [0.3, 0.4) is 0 Å². The summed E-state index contributed by atoms with van der Waals surface area (Å²) in [5.74, 6) is -7.92. The van der Waals surface area contributed by atoms with E-state index in [1.54, 1.807) is 6.92 Å². The molecule has 0 radical (unpaired) electrons. The van der Waals surface area contributed by atoms with Gasteiger partial charge in [0, 0.05) is 17.5 Å². The van der Waals surface area contributed by atoms with Gasteiger partial charge in [0.1, 0.15) is 17.5 Å². The summed E-state index contributed by atoms with van der Waals surface area (Å²) in [7, 11) is 0. The van der Waals surface area contributed by atoms with Gasteiger partial charge in [0.25, 0.3) is 0 Å². The molecule has 0 fully saturated rings. The number of aryl methyl sites for hydroxylation is 1. The first-order valence-corrected chi connectivity index (χ1v) is 9.97. The van der Waals surface area contributed by atoms with Crippen LogP contribution in [0.5, 0.6) is 0 Å².